The van der Waals surface area contributed by atoms with Gasteiger partial charge in [-0.25, -0.2) is 18.0 Å². The molecule has 0 spiro atoms. The third kappa shape index (κ3) is 2.56. The van der Waals surface area contributed by atoms with E-state index in [-0.39, 0.29) is 6.54 Å². The first-order chi connectivity index (χ1) is 7.90. The van der Waals surface area contributed by atoms with Crippen molar-refractivity contribution < 1.29 is 28.2 Å². The Labute approximate surface area is 94.7 Å². The topological polar surface area (TPSA) is 69.6 Å². The van der Waals surface area contributed by atoms with Crippen LogP contribution in [0.2, 0.25) is 0 Å². The largest absolute Gasteiger partial charge is 0.477 e. The third-order valence-corrected chi connectivity index (χ3v) is 2.16. The van der Waals surface area contributed by atoms with Crippen LogP contribution in [0.1, 0.15) is 22.0 Å². The number of rotatable bonds is 4. The second kappa shape index (κ2) is 5.15. The number of likely N-dealkylation sites (N-methyl/N-ethyl adjacent to an activating group) is 1. The minimum atomic E-state index is -1.91. The van der Waals surface area contributed by atoms with Crippen molar-refractivity contribution >= 4 is 5.97 Å². The number of carbonyl (C=O) groups is 1. The molecular formula is C10H10F3NO3. The summed E-state index contributed by atoms with van der Waals surface area (Å²) in [6.07, 6.45) is -1.47. The molecular weight excluding hydrogens is 239 g/mol. The van der Waals surface area contributed by atoms with Gasteiger partial charge < -0.3 is 15.5 Å². The minimum Gasteiger partial charge on any atom is -0.477 e. The zero-order chi connectivity index (χ0) is 13.2. The number of nitrogens with one attached hydrogen (secondary N) is 1. The number of halogens is 3. The first-order valence-corrected chi connectivity index (χ1v) is 4.63. The van der Waals surface area contributed by atoms with Gasteiger partial charge in [0.05, 0.1) is 6.10 Å². The van der Waals surface area contributed by atoms with Gasteiger partial charge >= 0.3 is 5.97 Å². The smallest absolute Gasteiger partial charge is 0.341 e. The van der Waals surface area contributed by atoms with E-state index in [2.05, 4.69) is 5.32 Å². The first-order valence-electron chi connectivity index (χ1n) is 4.63. The van der Waals surface area contributed by atoms with E-state index < -0.39 is 40.7 Å². The van der Waals surface area contributed by atoms with Gasteiger partial charge in [0.25, 0.3) is 0 Å². The van der Waals surface area contributed by atoms with E-state index in [0.29, 0.717) is 6.07 Å². The van der Waals surface area contributed by atoms with Crippen LogP contribution in [-0.4, -0.2) is 29.8 Å². The summed E-state index contributed by atoms with van der Waals surface area (Å²) in [5.74, 6) is -6.72. The van der Waals surface area contributed by atoms with Crippen molar-refractivity contribution in [3.05, 3.63) is 34.6 Å². The van der Waals surface area contributed by atoms with E-state index in [1.807, 2.05) is 0 Å². The van der Waals surface area contributed by atoms with Gasteiger partial charge in [-0.05, 0) is 13.1 Å². The molecule has 0 bridgehead atoms. The van der Waals surface area contributed by atoms with Gasteiger partial charge in [-0.15, -0.1) is 0 Å². The molecule has 1 aromatic carbocycles. The number of benzene rings is 1. The summed E-state index contributed by atoms with van der Waals surface area (Å²) in [4.78, 5) is 10.5. The molecule has 1 atom stereocenters. The van der Waals surface area contributed by atoms with Crippen LogP contribution in [0.25, 0.3) is 0 Å². The van der Waals surface area contributed by atoms with Crippen LogP contribution < -0.4 is 5.32 Å². The molecule has 1 rings (SSSR count). The maximum absolute atomic E-state index is 13.4. The third-order valence-electron chi connectivity index (χ3n) is 2.16. The lowest BCUT2D eigenvalue weighted by molar-refractivity contribution is 0.0684. The van der Waals surface area contributed by atoms with E-state index in [4.69, 9.17) is 5.11 Å². The second-order valence-electron chi connectivity index (χ2n) is 3.33. The Bertz CT molecular complexity index is 451. The monoisotopic (exact) mass is 249 g/mol. The van der Waals surface area contributed by atoms with Crippen LogP contribution >= 0.6 is 0 Å². The molecule has 7 heteroatoms. The summed E-state index contributed by atoms with van der Waals surface area (Å²) < 4.78 is 39.9. The normalized spacial score (nSPS) is 12.5. The van der Waals surface area contributed by atoms with Crippen molar-refractivity contribution in [3.63, 3.8) is 0 Å². The Hall–Kier alpha value is -1.60. The number of aliphatic hydroxyl groups is 1. The van der Waals surface area contributed by atoms with Crippen molar-refractivity contribution in [1.82, 2.24) is 5.32 Å². The average molecular weight is 249 g/mol. The fraction of sp³-hybridized carbons (Fsp3) is 0.300. The Kier molecular flexibility index (Phi) is 4.08. The molecule has 0 saturated heterocycles. The summed E-state index contributed by atoms with van der Waals surface area (Å²) >= 11 is 0. The maximum atomic E-state index is 13.4. The molecule has 0 heterocycles. The van der Waals surface area contributed by atoms with E-state index >= 15 is 0 Å². The molecule has 94 valence electrons. The van der Waals surface area contributed by atoms with Crippen molar-refractivity contribution in [3.8, 4) is 0 Å². The molecule has 0 aliphatic heterocycles. The quantitative estimate of drug-likeness (QED) is 0.698. The number of aromatic carboxylic acids is 1. The maximum Gasteiger partial charge on any atom is 0.341 e. The number of carboxylic acid groups (broad SMARTS) is 1. The summed E-state index contributed by atoms with van der Waals surface area (Å²) in [5.41, 5.74) is -2.00. The summed E-state index contributed by atoms with van der Waals surface area (Å²) in [6.45, 7) is -0.123. The number of hydrogen-bond acceptors (Lipinski definition) is 3. The summed E-state index contributed by atoms with van der Waals surface area (Å²) in [5, 5.41) is 20.4. The first kappa shape index (κ1) is 13.5. The Balaban J connectivity index is 3.34. The lowest BCUT2D eigenvalue weighted by Crippen LogP contribution is -2.19. The Morgan fingerprint density at radius 2 is 2.00 bits per heavy atom. The Morgan fingerprint density at radius 1 is 1.41 bits per heavy atom. The van der Waals surface area contributed by atoms with Gasteiger partial charge in [0.2, 0.25) is 0 Å². The van der Waals surface area contributed by atoms with Crippen molar-refractivity contribution in [1.29, 1.82) is 0 Å². The molecule has 0 fully saturated rings. The molecule has 0 amide bonds. The molecule has 0 aliphatic rings. The summed E-state index contributed by atoms with van der Waals surface area (Å²) in [6, 6.07) is 0.476. The van der Waals surface area contributed by atoms with Gasteiger partial charge in [-0.2, -0.15) is 0 Å². The molecule has 0 radical (unpaired) electrons. The highest BCUT2D eigenvalue weighted by Crippen LogP contribution is 2.24. The number of hydrogen-bond donors (Lipinski definition) is 3. The van der Waals surface area contributed by atoms with Crippen LogP contribution in [0.15, 0.2) is 6.07 Å². The van der Waals surface area contributed by atoms with Crippen LogP contribution in [-0.2, 0) is 0 Å². The highest BCUT2D eigenvalue weighted by atomic mass is 19.2. The predicted molar refractivity (Wildman–Crippen MR) is 52.2 cm³/mol. The van der Waals surface area contributed by atoms with Gasteiger partial charge in [0.15, 0.2) is 11.6 Å². The van der Waals surface area contributed by atoms with Crippen LogP contribution in [0.3, 0.4) is 0 Å². The van der Waals surface area contributed by atoms with Gasteiger partial charge in [-0.1, -0.05) is 0 Å². The molecule has 3 N–H and O–H groups in total. The highest BCUT2D eigenvalue weighted by Gasteiger charge is 2.26. The molecule has 1 unspecified atom stereocenters. The second-order valence-corrected chi connectivity index (χ2v) is 3.33. The molecule has 1 aromatic rings. The minimum absolute atomic E-state index is 0.123. The number of aliphatic hydroxyl groups excluding tert-OH is 1. The van der Waals surface area contributed by atoms with E-state index in [9.17, 15) is 23.1 Å². The fourth-order valence-electron chi connectivity index (χ4n) is 1.36. The molecule has 17 heavy (non-hydrogen) atoms. The zero-order valence-electron chi connectivity index (χ0n) is 8.80. The number of carboxylic acids is 1. The van der Waals surface area contributed by atoms with E-state index in [1.54, 1.807) is 0 Å². The predicted octanol–water partition coefficient (Wildman–Crippen LogP) is 1.05. The molecule has 4 nitrogen and oxygen atoms in total. The SMILES string of the molecule is CNCC(O)c1cc(F)c(C(=O)O)c(F)c1F. The molecule has 0 aliphatic carbocycles. The van der Waals surface area contributed by atoms with Crippen LogP contribution in [0, 0.1) is 17.5 Å². The average Bonchev–Trinajstić information content (AvgIpc) is 2.23. The van der Waals surface area contributed by atoms with Crippen molar-refractivity contribution in [2.75, 3.05) is 13.6 Å². The fourth-order valence-corrected chi connectivity index (χ4v) is 1.36. The van der Waals surface area contributed by atoms with Crippen LogP contribution in [0.4, 0.5) is 13.2 Å². The highest BCUT2D eigenvalue weighted by molar-refractivity contribution is 5.88. The van der Waals surface area contributed by atoms with Gasteiger partial charge in [-0.3, -0.25) is 0 Å². The van der Waals surface area contributed by atoms with Crippen molar-refractivity contribution in [2.24, 2.45) is 0 Å². The molecule has 0 saturated carbocycles. The van der Waals surface area contributed by atoms with Crippen molar-refractivity contribution in [2.45, 2.75) is 6.10 Å². The zero-order valence-corrected chi connectivity index (χ0v) is 8.80. The summed E-state index contributed by atoms with van der Waals surface area (Å²) in [7, 11) is 1.46. The standard InChI is InChI=1S/C10H10F3NO3/c1-14-3-6(15)4-2-5(11)7(10(16)17)9(13)8(4)12/h2,6,14-15H,3H2,1H3,(H,16,17). The van der Waals surface area contributed by atoms with E-state index in [1.165, 1.54) is 7.05 Å². The Morgan fingerprint density at radius 3 is 2.47 bits per heavy atom. The van der Waals surface area contributed by atoms with E-state index in [0.717, 1.165) is 0 Å². The van der Waals surface area contributed by atoms with Gasteiger partial charge in [0, 0.05) is 12.1 Å². The lowest BCUT2D eigenvalue weighted by Gasteiger charge is -2.13. The van der Waals surface area contributed by atoms with Gasteiger partial charge in [0.1, 0.15) is 11.4 Å². The lowest BCUT2D eigenvalue weighted by atomic mass is 10.0. The van der Waals surface area contributed by atoms with Crippen LogP contribution in [0.5, 0.6) is 0 Å². The molecule has 0 aromatic heterocycles.